The molecule has 0 fully saturated rings. The minimum atomic E-state index is -0.626. The van der Waals surface area contributed by atoms with E-state index in [4.69, 9.17) is 0 Å². The van der Waals surface area contributed by atoms with Crippen molar-refractivity contribution >= 4 is 61.1 Å². The highest BCUT2D eigenvalue weighted by atomic mass is 79.9. The normalized spacial score (nSPS) is 16.7. The fourth-order valence-corrected chi connectivity index (χ4v) is 4.08. The molecule has 0 saturated heterocycles. The van der Waals surface area contributed by atoms with E-state index >= 15 is 0 Å². The Morgan fingerprint density at radius 3 is 2.76 bits per heavy atom. The van der Waals surface area contributed by atoms with Crippen LogP contribution in [0.15, 0.2) is 62.2 Å². The van der Waals surface area contributed by atoms with E-state index in [2.05, 4.69) is 36.1 Å². The number of nitrogens with zero attached hydrogens (tertiary/aromatic N) is 3. The Hall–Kier alpha value is -2.78. The number of aliphatic imine (C=N–C) groups is 1. The molecule has 2 aromatic carbocycles. The number of amides is 1. The number of azo groups is 1. The first kappa shape index (κ1) is 19.5. The summed E-state index contributed by atoms with van der Waals surface area (Å²) in [6.07, 6.45) is 0.0329. The number of rotatable bonds is 4. The Balaban J connectivity index is 1.47. The number of thioether (sulfide) groups is 1. The van der Waals surface area contributed by atoms with Crippen LogP contribution in [0.5, 0.6) is 5.88 Å². The van der Waals surface area contributed by atoms with Crippen molar-refractivity contribution in [3.8, 4) is 5.88 Å². The van der Waals surface area contributed by atoms with E-state index in [1.165, 1.54) is 0 Å². The number of aryl methyl sites for hydroxylation is 1. The standard InChI is InChI=1S/C20H15BrN4O3S/c1-10-2-7-14-13(8-10)17(19(28)22-14)24-25-20-23-18(27)16(29-20)9-15(26)11-3-5-12(21)6-4-11/h2-8,16,22,28H,9H2,1H3. The minimum absolute atomic E-state index is 0.0329. The first-order valence-electron chi connectivity index (χ1n) is 8.71. The summed E-state index contributed by atoms with van der Waals surface area (Å²) < 4.78 is 0.877. The number of ketones is 1. The first-order chi connectivity index (χ1) is 13.9. The van der Waals surface area contributed by atoms with Crippen molar-refractivity contribution in [2.75, 3.05) is 0 Å². The zero-order valence-corrected chi connectivity index (χ0v) is 17.6. The van der Waals surface area contributed by atoms with Gasteiger partial charge in [-0.05, 0) is 31.2 Å². The number of aromatic amines is 1. The fraction of sp³-hybridized carbons (Fsp3) is 0.150. The molecule has 2 N–H and O–H groups in total. The number of hydrogen-bond acceptors (Lipinski definition) is 6. The number of amidine groups is 1. The molecule has 146 valence electrons. The highest BCUT2D eigenvalue weighted by Gasteiger charge is 2.31. The van der Waals surface area contributed by atoms with Crippen LogP contribution in [-0.2, 0) is 4.79 Å². The summed E-state index contributed by atoms with van der Waals surface area (Å²) in [5.41, 5.74) is 2.57. The Labute approximate surface area is 178 Å². The van der Waals surface area contributed by atoms with Gasteiger partial charge in [-0.2, -0.15) is 4.99 Å². The monoisotopic (exact) mass is 470 g/mol. The third-order valence-corrected chi connectivity index (χ3v) is 5.97. The largest absolute Gasteiger partial charge is 0.493 e. The van der Waals surface area contributed by atoms with Gasteiger partial charge in [0, 0.05) is 21.8 Å². The summed E-state index contributed by atoms with van der Waals surface area (Å²) in [6, 6.07) is 12.6. The van der Waals surface area contributed by atoms with E-state index in [1.54, 1.807) is 24.3 Å². The maximum absolute atomic E-state index is 12.4. The molecule has 0 saturated carbocycles. The van der Waals surface area contributed by atoms with Gasteiger partial charge in [0.25, 0.3) is 5.91 Å². The second-order valence-corrected chi connectivity index (χ2v) is 8.63. The lowest BCUT2D eigenvalue weighted by molar-refractivity contribution is -0.117. The van der Waals surface area contributed by atoms with Gasteiger partial charge in [0.05, 0.1) is 5.52 Å². The van der Waals surface area contributed by atoms with Crippen LogP contribution in [0.2, 0.25) is 0 Å². The summed E-state index contributed by atoms with van der Waals surface area (Å²) in [7, 11) is 0. The Bertz CT molecular complexity index is 1180. The quantitative estimate of drug-likeness (QED) is 0.398. The number of carbonyl (C=O) groups is 2. The number of H-pyrrole nitrogens is 1. The number of carbonyl (C=O) groups excluding carboxylic acids is 2. The van der Waals surface area contributed by atoms with Gasteiger partial charge in [-0.3, -0.25) is 9.59 Å². The second-order valence-electron chi connectivity index (χ2n) is 6.54. The van der Waals surface area contributed by atoms with E-state index < -0.39 is 11.2 Å². The van der Waals surface area contributed by atoms with Gasteiger partial charge in [0.1, 0.15) is 5.25 Å². The average Bonchev–Trinajstić information content (AvgIpc) is 3.19. The van der Waals surface area contributed by atoms with Crippen LogP contribution in [0.1, 0.15) is 22.3 Å². The summed E-state index contributed by atoms with van der Waals surface area (Å²) in [5.74, 6) is -0.652. The van der Waals surface area contributed by atoms with Gasteiger partial charge in [-0.15, -0.1) is 10.2 Å². The summed E-state index contributed by atoms with van der Waals surface area (Å²) >= 11 is 4.43. The van der Waals surface area contributed by atoms with Crippen LogP contribution in [0, 0.1) is 6.92 Å². The van der Waals surface area contributed by atoms with E-state index in [-0.39, 0.29) is 28.9 Å². The van der Waals surface area contributed by atoms with Crippen molar-refractivity contribution in [2.45, 2.75) is 18.6 Å². The highest BCUT2D eigenvalue weighted by Crippen LogP contribution is 2.37. The summed E-state index contributed by atoms with van der Waals surface area (Å²) in [4.78, 5) is 31.3. The molecule has 1 atom stereocenters. The Morgan fingerprint density at radius 2 is 2.00 bits per heavy atom. The molecule has 0 spiro atoms. The maximum atomic E-state index is 12.4. The van der Waals surface area contributed by atoms with Crippen molar-refractivity contribution in [2.24, 2.45) is 15.2 Å². The predicted molar refractivity (Wildman–Crippen MR) is 116 cm³/mol. The Kier molecular flexibility index (Phi) is 5.33. The number of fused-ring (bicyclic) bond motifs is 1. The Morgan fingerprint density at radius 1 is 1.24 bits per heavy atom. The van der Waals surface area contributed by atoms with Crippen LogP contribution in [-0.4, -0.2) is 32.2 Å². The number of aromatic hydroxyl groups is 1. The van der Waals surface area contributed by atoms with E-state index in [0.717, 1.165) is 32.7 Å². The molecule has 0 radical (unpaired) electrons. The lowest BCUT2D eigenvalue weighted by atomic mass is 10.1. The zero-order valence-electron chi connectivity index (χ0n) is 15.2. The molecule has 2 heterocycles. The number of aromatic nitrogens is 1. The molecular formula is C20H15BrN4O3S. The lowest BCUT2D eigenvalue weighted by Crippen LogP contribution is -2.16. The molecule has 0 bridgehead atoms. The molecule has 1 aliphatic rings. The van der Waals surface area contributed by atoms with Crippen LogP contribution >= 0.6 is 27.7 Å². The minimum Gasteiger partial charge on any atom is -0.493 e. The van der Waals surface area contributed by atoms with E-state index in [1.807, 2.05) is 25.1 Å². The van der Waals surface area contributed by atoms with Crippen LogP contribution in [0.3, 0.4) is 0 Å². The summed E-state index contributed by atoms with van der Waals surface area (Å²) in [6.45, 7) is 1.94. The zero-order chi connectivity index (χ0) is 20.5. The van der Waals surface area contributed by atoms with Crippen molar-refractivity contribution in [3.63, 3.8) is 0 Å². The van der Waals surface area contributed by atoms with Crippen LogP contribution in [0.25, 0.3) is 10.9 Å². The molecule has 1 aromatic heterocycles. The molecule has 4 rings (SSSR count). The SMILES string of the molecule is Cc1ccc2[nH]c(O)c(N=NC3=NC(=O)C(CC(=O)c4ccc(Br)cc4)S3)c2c1. The second kappa shape index (κ2) is 7.92. The molecule has 1 aliphatic heterocycles. The first-order valence-corrected chi connectivity index (χ1v) is 10.4. The number of benzene rings is 2. The molecule has 29 heavy (non-hydrogen) atoms. The molecule has 9 heteroatoms. The lowest BCUT2D eigenvalue weighted by Gasteiger charge is -2.05. The molecule has 0 aliphatic carbocycles. The van der Waals surface area contributed by atoms with Gasteiger partial charge in [-0.25, -0.2) is 0 Å². The average molecular weight is 471 g/mol. The van der Waals surface area contributed by atoms with Crippen molar-refractivity contribution in [1.29, 1.82) is 0 Å². The smallest absolute Gasteiger partial charge is 0.262 e. The topological polar surface area (TPSA) is 107 Å². The fourth-order valence-electron chi connectivity index (χ4n) is 2.94. The van der Waals surface area contributed by atoms with Crippen molar-refractivity contribution in [1.82, 2.24) is 4.98 Å². The van der Waals surface area contributed by atoms with Crippen molar-refractivity contribution < 1.29 is 14.7 Å². The summed E-state index contributed by atoms with van der Waals surface area (Å²) in [5, 5.41) is 18.5. The number of nitrogens with one attached hydrogen (secondary N) is 1. The van der Waals surface area contributed by atoms with Crippen LogP contribution < -0.4 is 0 Å². The van der Waals surface area contributed by atoms with Crippen LogP contribution in [0.4, 0.5) is 5.69 Å². The predicted octanol–water partition coefficient (Wildman–Crippen LogP) is 5.30. The third-order valence-electron chi connectivity index (χ3n) is 4.41. The molecule has 3 aromatic rings. The molecule has 1 amide bonds. The molecule has 7 nitrogen and oxygen atoms in total. The van der Waals surface area contributed by atoms with Gasteiger partial charge in [0.15, 0.2) is 11.5 Å². The van der Waals surface area contributed by atoms with Crippen molar-refractivity contribution in [3.05, 3.63) is 58.1 Å². The van der Waals surface area contributed by atoms with Gasteiger partial charge >= 0.3 is 0 Å². The third kappa shape index (κ3) is 4.15. The number of hydrogen-bond donors (Lipinski definition) is 2. The van der Waals surface area contributed by atoms with Gasteiger partial charge in [-0.1, -0.05) is 51.5 Å². The van der Waals surface area contributed by atoms with E-state index in [0.29, 0.717) is 5.56 Å². The molecular weight excluding hydrogens is 456 g/mol. The maximum Gasteiger partial charge on any atom is 0.262 e. The van der Waals surface area contributed by atoms with E-state index in [9.17, 15) is 14.7 Å². The highest BCUT2D eigenvalue weighted by molar-refractivity contribution is 9.10. The molecule has 1 unspecified atom stereocenters. The number of Topliss-reactive ketones (excluding diaryl/α,β-unsaturated/α-hetero) is 1. The van der Waals surface area contributed by atoms with Gasteiger partial charge < -0.3 is 10.1 Å². The van der Waals surface area contributed by atoms with Gasteiger partial charge in [0.2, 0.25) is 11.0 Å². The number of halogens is 1.